The summed E-state index contributed by atoms with van der Waals surface area (Å²) >= 11 is 0. The van der Waals surface area contributed by atoms with Crippen molar-refractivity contribution in [3.63, 3.8) is 0 Å². The molecule has 0 fully saturated rings. The average Bonchev–Trinajstić information content (AvgIpc) is 3.21. The van der Waals surface area contributed by atoms with E-state index in [9.17, 15) is 4.79 Å². The highest BCUT2D eigenvalue weighted by Gasteiger charge is 2.12. The molecule has 3 heterocycles. The van der Waals surface area contributed by atoms with Gasteiger partial charge < -0.3 is 16.0 Å². The van der Waals surface area contributed by atoms with E-state index in [-0.39, 0.29) is 11.9 Å². The molecule has 0 radical (unpaired) electrons. The predicted molar refractivity (Wildman–Crippen MR) is 126 cm³/mol. The van der Waals surface area contributed by atoms with Gasteiger partial charge in [-0.1, -0.05) is 12.1 Å². The van der Waals surface area contributed by atoms with E-state index >= 15 is 0 Å². The van der Waals surface area contributed by atoms with E-state index in [1.54, 1.807) is 19.4 Å². The standard InChI is InChI=1S/C23H26N8O/c1-5-31-13-19-22(30-31)29-20(12-25-19)27-15(3)16-7-6-8-18(10-16)28-23(32)17-9-14(2)21(24-4)26-11-17/h6-13,15H,5H2,1-4H3,(H,24,26)(H,28,32)(H,27,29,30)/t15-/m0/s1. The maximum Gasteiger partial charge on any atom is 0.257 e. The van der Waals surface area contributed by atoms with Gasteiger partial charge in [-0.25, -0.2) is 15.0 Å². The van der Waals surface area contributed by atoms with Gasteiger partial charge in [-0.05, 0) is 50.1 Å². The second-order valence-electron chi connectivity index (χ2n) is 7.53. The highest BCUT2D eigenvalue weighted by molar-refractivity contribution is 6.04. The van der Waals surface area contributed by atoms with Crippen LogP contribution in [-0.2, 0) is 6.54 Å². The topological polar surface area (TPSA) is 110 Å². The Morgan fingerprint density at radius 3 is 2.78 bits per heavy atom. The molecule has 164 valence electrons. The van der Waals surface area contributed by atoms with Gasteiger partial charge >= 0.3 is 0 Å². The maximum absolute atomic E-state index is 12.7. The summed E-state index contributed by atoms with van der Waals surface area (Å²) in [5, 5.41) is 13.7. The Morgan fingerprint density at radius 2 is 2.03 bits per heavy atom. The van der Waals surface area contributed by atoms with E-state index in [0.29, 0.717) is 22.7 Å². The zero-order valence-corrected chi connectivity index (χ0v) is 18.5. The minimum absolute atomic E-state index is 0.0503. The zero-order valence-electron chi connectivity index (χ0n) is 18.5. The van der Waals surface area contributed by atoms with Crippen LogP contribution < -0.4 is 16.0 Å². The number of hydrogen-bond donors (Lipinski definition) is 3. The molecule has 1 amide bonds. The molecule has 1 aromatic carbocycles. The Bertz CT molecular complexity index is 1270. The zero-order chi connectivity index (χ0) is 22.7. The van der Waals surface area contributed by atoms with Crippen LogP contribution in [0, 0.1) is 6.92 Å². The van der Waals surface area contributed by atoms with E-state index in [2.05, 4.69) is 36.0 Å². The van der Waals surface area contributed by atoms with Crippen LogP contribution in [0.5, 0.6) is 0 Å². The van der Waals surface area contributed by atoms with Crippen LogP contribution in [-0.4, -0.2) is 37.7 Å². The maximum atomic E-state index is 12.7. The van der Waals surface area contributed by atoms with Gasteiger partial charge in [-0.2, -0.15) is 5.10 Å². The number of rotatable bonds is 7. The third-order valence-electron chi connectivity index (χ3n) is 5.19. The van der Waals surface area contributed by atoms with E-state index in [1.807, 2.05) is 62.0 Å². The van der Waals surface area contributed by atoms with Gasteiger partial charge in [0.2, 0.25) is 5.65 Å². The number of fused-ring (bicyclic) bond motifs is 1. The highest BCUT2D eigenvalue weighted by Crippen LogP contribution is 2.22. The third kappa shape index (κ3) is 4.51. The van der Waals surface area contributed by atoms with Gasteiger partial charge in [0.1, 0.15) is 17.2 Å². The number of carbonyl (C=O) groups excluding carboxylic acids is 1. The molecule has 0 saturated heterocycles. The molecule has 0 aliphatic carbocycles. The number of amides is 1. The highest BCUT2D eigenvalue weighted by atomic mass is 16.1. The minimum Gasteiger partial charge on any atom is -0.373 e. The van der Waals surface area contributed by atoms with Crippen molar-refractivity contribution in [2.75, 3.05) is 23.0 Å². The van der Waals surface area contributed by atoms with Gasteiger partial charge in [0, 0.05) is 25.5 Å². The molecule has 0 spiro atoms. The Morgan fingerprint density at radius 1 is 1.19 bits per heavy atom. The summed E-state index contributed by atoms with van der Waals surface area (Å²) in [4.78, 5) is 25.9. The quantitative estimate of drug-likeness (QED) is 0.406. The van der Waals surface area contributed by atoms with Gasteiger partial charge in [0.15, 0.2) is 0 Å². The molecule has 1 atom stereocenters. The lowest BCUT2D eigenvalue weighted by atomic mass is 10.1. The number of aromatic nitrogens is 5. The van der Waals surface area contributed by atoms with Crippen molar-refractivity contribution in [1.29, 1.82) is 0 Å². The van der Waals surface area contributed by atoms with Crippen LogP contribution in [0.4, 0.5) is 17.3 Å². The fraction of sp³-hybridized carbons (Fsp3) is 0.261. The fourth-order valence-electron chi connectivity index (χ4n) is 3.43. The van der Waals surface area contributed by atoms with Gasteiger partial charge in [-0.3, -0.25) is 9.48 Å². The summed E-state index contributed by atoms with van der Waals surface area (Å²) in [5.41, 5.74) is 4.51. The summed E-state index contributed by atoms with van der Waals surface area (Å²) in [6.45, 7) is 6.73. The summed E-state index contributed by atoms with van der Waals surface area (Å²) < 4.78 is 1.81. The molecule has 4 rings (SSSR count). The molecule has 3 aromatic heterocycles. The van der Waals surface area contributed by atoms with Crippen molar-refractivity contribution in [3.8, 4) is 0 Å². The second-order valence-corrected chi connectivity index (χ2v) is 7.53. The molecular weight excluding hydrogens is 404 g/mol. The molecule has 3 N–H and O–H groups in total. The summed E-state index contributed by atoms with van der Waals surface area (Å²) in [6.07, 6.45) is 5.15. The van der Waals surface area contributed by atoms with Crippen molar-refractivity contribution in [2.24, 2.45) is 0 Å². The molecule has 0 bridgehead atoms. The van der Waals surface area contributed by atoms with Crippen molar-refractivity contribution in [3.05, 3.63) is 65.6 Å². The van der Waals surface area contributed by atoms with Crippen molar-refractivity contribution >= 4 is 34.4 Å². The lowest BCUT2D eigenvalue weighted by molar-refractivity contribution is 0.102. The normalized spacial score (nSPS) is 11.9. The van der Waals surface area contributed by atoms with Gasteiger partial charge in [0.25, 0.3) is 5.91 Å². The first-order chi connectivity index (χ1) is 15.5. The van der Waals surface area contributed by atoms with Gasteiger partial charge in [-0.15, -0.1) is 0 Å². The molecule has 9 nitrogen and oxygen atoms in total. The Labute approximate surface area is 186 Å². The molecule has 0 aliphatic rings. The molecule has 4 aromatic rings. The van der Waals surface area contributed by atoms with Crippen LogP contribution in [0.15, 0.2) is 48.9 Å². The Balaban J connectivity index is 1.47. The molecule has 0 saturated carbocycles. The SMILES string of the molecule is CCn1cc2ncc(N[C@@H](C)c3cccc(NC(=O)c4cnc(NC)c(C)c4)c3)nc2n1. The van der Waals surface area contributed by atoms with E-state index in [1.165, 1.54) is 0 Å². The summed E-state index contributed by atoms with van der Waals surface area (Å²) in [6, 6.07) is 9.48. The summed E-state index contributed by atoms with van der Waals surface area (Å²) in [5.74, 6) is 1.20. The first-order valence-corrected chi connectivity index (χ1v) is 10.5. The Hall–Kier alpha value is -4.01. The number of carbonyl (C=O) groups is 1. The smallest absolute Gasteiger partial charge is 0.257 e. The number of anilines is 3. The number of nitrogens with one attached hydrogen (secondary N) is 3. The monoisotopic (exact) mass is 430 g/mol. The number of benzene rings is 1. The van der Waals surface area contributed by atoms with Crippen LogP contribution in [0.3, 0.4) is 0 Å². The van der Waals surface area contributed by atoms with Crippen molar-refractivity contribution < 1.29 is 4.79 Å². The third-order valence-corrected chi connectivity index (χ3v) is 5.19. The molecule has 32 heavy (non-hydrogen) atoms. The largest absolute Gasteiger partial charge is 0.373 e. The first-order valence-electron chi connectivity index (χ1n) is 10.5. The van der Waals surface area contributed by atoms with Crippen LogP contribution in [0.1, 0.15) is 41.4 Å². The number of pyridine rings is 1. The van der Waals surface area contributed by atoms with E-state index < -0.39 is 0 Å². The lowest BCUT2D eigenvalue weighted by Crippen LogP contribution is -2.14. The van der Waals surface area contributed by atoms with Gasteiger partial charge in [0.05, 0.1) is 24.0 Å². The first kappa shape index (κ1) is 21.2. The summed E-state index contributed by atoms with van der Waals surface area (Å²) in [7, 11) is 1.80. The molecule has 0 aliphatic heterocycles. The number of aryl methyl sites for hydroxylation is 2. The van der Waals surface area contributed by atoms with Crippen LogP contribution >= 0.6 is 0 Å². The van der Waals surface area contributed by atoms with E-state index in [0.717, 1.165) is 29.0 Å². The van der Waals surface area contributed by atoms with Crippen molar-refractivity contribution in [2.45, 2.75) is 33.4 Å². The fourth-order valence-corrected chi connectivity index (χ4v) is 3.43. The minimum atomic E-state index is -0.205. The van der Waals surface area contributed by atoms with Crippen LogP contribution in [0.2, 0.25) is 0 Å². The molecule has 9 heteroatoms. The number of hydrogen-bond acceptors (Lipinski definition) is 7. The lowest BCUT2D eigenvalue weighted by Gasteiger charge is -2.16. The van der Waals surface area contributed by atoms with Crippen LogP contribution in [0.25, 0.3) is 11.2 Å². The predicted octanol–water partition coefficient (Wildman–Crippen LogP) is 4.02. The van der Waals surface area contributed by atoms with Crippen molar-refractivity contribution in [1.82, 2.24) is 24.7 Å². The molecular formula is C23H26N8O. The Kier molecular flexibility index (Phi) is 5.98. The van der Waals surface area contributed by atoms with E-state index in [4.69, 9.17) is 0 Å². The molecule has 0 unspecified atom stereocenters. The second kappa shape index (κ2) is 9.01. The average molecular weight is 431 g/mol. The number of nitrogens with zero attached hydrogens (tertiary/aromatic N) is 5.